The van der Waals surface area contributed by atoms with Crippen molar-refractivity contribution in [3.63, 3.8) is 0 Å². The lowest BCUT2D eigenvalue weighted by atomic mass is 10.2. The van der Waals surface area contributed by atoms with Crippen molar-refractivity contribution in [2.24, 2.45) is 0 Å². The van der Waals surface area contributed by atoms with Gasteiger partial charge in [-0.1, -0.05) is 18.2 Å². The second-order valence-electron chi connectivity index (χ2n) is 4.98. The zero-order chi connectivity index (χ0) is 16.4. The summed E-state index contributed by atoms with van der Waals surface area (Å²) in [7, 11) is 0. The van der Waals surface area contributed by atoms with Gasteiger partial charge >= 0.3 is 12.2 Å². The third-order valence-corrected chi connectivity index (χ3v) is 4.46. The molecule has 0 spiro atoms. The molecule has 0 radical (unpaired) electrons. The van der Waals surface area contributed by atoms with Crippen molar-refractivity contribution >= 4 is 29.2 Å². The highest BCUT2D eigenvalue weighted by atomic mass is 32.2. The second kappa shape index (κ2) is 6.16. The Morgan fingerprint density at radius 1 is 1.13 bits per heavy atom. The van der Waals surface area contributed by atoms with E-state index in [9.17, 15) is 18.0 Å². The first-order chi connectivity index (χ1) is 10.9. The molecule has 0 aliphatic carbocycles. The predicted octanol–water partition coefficient (Wildman–Crippen LogP) is 4.85. The number of nitrogens with zero attached hydrogens (tertiary/aromatic N) is 1. The van der Waals surface area contributed by atoms with Crippen LogP contribution in [0.5, 0.6) is 0 Å². The van der Waals surface area contributed by atoms with Crippen molar-refractivity contribution in [1.82, 2.24) is 0 Å². The Bertz CT molecular complexity index is 733. The average Bonchev–Trinajstić information content (AvgIpc) is 2.53. The van der Waals surface area contributed by atoms with Crippen LogP contribution < -0.4 is 10.2 Å². The van der Waals surface area contributed by atoms with Crippen LogP contribution >= 0.6 is 11.8 Å². The van der Waals surface area contributed by atoms with Gasteiger partial charge in [-0.25, -0.2) is 4.79 Å². The number of hydrogen-bond acceptors (Lipinski definition) is 2. The summed E-state index contributed by atoms with van der Waals surface area (Å²) in [6.45, 7) is 0.506. The molecule has 0 bridgehead atoms. The predicted molar refractivity (Wildman–Crippen MR) is 85.0 cm³/mol. The zero-order valence-corrected chi connectivity index (χ0v) is 12.7. The molecular weight excluding hydrogens is 325 g/mol. The number of para-hydroxylation sites is 1. The van der Waals surface area contributed by atoms with Crippen LogP contribution in [0.1, 0.15) is 5.56 Å². The van der Waals surface area contributed by atoms with Gasteiger partial charge in [-0.2, -0.15) is 13.2 Å². The maximum atomic E-state index is 12.7. The lowest BCUT2D eigenvalue weighted by Crippen LogP contribution is -2.38. The third kappa shape index (κ3) is 3.44. The topological polar surface area (TPSA) is 32.3 Å². The number of anilines is 2. The number of halogens is 3. The minimum Gasteiger partial charge on any atom is -0.308 e. The van der Waals surface area contributed by atoms with Crippen LogP contribution in [-0.4, -0.2) is 18.3 Å². The maximum absolute atomic E-state index is 12.7. The number of urea groups is 1. The number of carbonyl (C=O) groups excluding carboxylic acids is 1. The molecule has 1 heterocycles. The molecule has 0 atom stereocenters. The number of alkyl halides is 3. The normalized spacial score (nSPS) is 14.3. The van der Waals surface area contributed by atoms with E-state index in [1.165, 1.54) is 12.1 Å². The smallest absolute Gasteiger partial charge is 0.308 e. The third-order valence-electron chi connectivity index (χ3n) is 3.41. The molecule has 0 unspecified atom stereocenters. The molecule has 23 heavy (non-hydrogen) atoms. The molecule has 1 aliphatic heterocycles. The SMILES string of the molecule is O=C(Nc1cccc(C(F)(F)F)c1)N1CCSc2ccccc21. The standard InChI is InChI=1S/C16H13F3N2OS/c17-16(18,19)11-4-3-5-12(10-11)20-15(22)21-8-9-23-14-7-2-1-6-13(14)21/h1-7,10H,8-9H2,(H,20,22). The van der Waals surface area contributed by atoms with E-state index in [2.05, 4.69) is 5.32 Å². The van der Waals surface area contributed by atoms with Crippen LogP contribution in [0, 0.1) is 0 Å². The molecule has 2 aromatic rings. The monoisotopic (exact) mass is 338 g/mol. The molecule has 3 nitrogen and oxygen atoms in total. The molecule has 120 valence electrons. The minimum atomic E-state index is -4.44. The van der Waals surface area contributed by atoms with Crippen LogP contribution in [0.2, 0.25) is 0 Å². The molecule has 7 heteroatoms. The molecule has 2 amide bonds. The Hall–Kier alpha value is -2.15. The van der Waals surface area contributed by atoms with Crippen molar-refractivity contribution in [3.05, 3.63) is 54.1 Å². The van der Waals surface area contributed by atoms with E-state index < -0.39 is 17.8 Å². The number of fused-ring (bicyclic) bond motifs is 1. The van der Waals surface area contributed by atoms with Gasteiger partial charge in [0.1, 0.15) is 0 Å². The van der Waals surface area contributed by atoms with E-state index in [-0.39, 0.29) is 5.69 Å². The van der Waals surface area contributed by atoms with Crippen molar-refractivity contribution < 1.29 is 18.0 Å². The van der Waals surface area contributed by atoms with Crippen molar-refractivity contribution in [3.8, 4) is 0 Å². The minimum absolute atomic E-state index is 0.125. The maximum Gasteiger partial charge on any atom is 0.416 e. The Labute approximate surface area is 135 Å². The van der Waals surface area contributed by atoms with E-state index in [0.717, 1.165) is 28.5 Å². The van der Waals surface area contributed by atoms with Gasteiger partial charge in [0.15, 0.2) is 0 Å². The lowest BCUT2D eigenvalue weighted by molar-refractivity contribution is -0.137. The largest absolute Gasteiger partial charge is 0.416 e. The number of thioether (sulfide) groups is 1. The van der Waals surface area contributed by atoms with E-state index >= 15 is 0 Å². The highest BCUT2D eigenvalue weighted by Crippen LogP contribution is 2.35. The highest BCUT2D eigenvalue weighted by Gasteiger charge is 2.30. The Balaban J connectivity index is 1.81. The molecule has 2 aromatic carbocycles. The number of carbonyl (C=O) groups is 1. The molecular formula is C16H13F3N2OS. The van der Waals surface area contributed by atoms with Gasteiger partial charge in [-0.3, -0.25) is 4.90 Å². The van der Waals surface area contributed by atoms with Crippen LogP contribution in [0.4, 0.5) is 29.3 Å². The summed E-state index contributed by atoms with van der Waals surface area (Å²) in [6, 6.07) is 11.7. The number of amides is 2. The molecule has 0 saturated carbocycles. The van der Waals surface area contributed by atoms with Crippen molar-refractivity contribution in [2.75, 3.05) is 22.5 Å². The Kier molecular flexibility index (Phi) is 4.21. The van der Waals surface area contributed by atoms with E-state index in [1.807, 2.05) is 24.3 Å². The summed E-state index contributed by atoms with van der Waals surface area (Å²) in [4.78, 5) is 14.9. The van der Waals surface area contributed by atoms with Crippen LogP contribution in [0.3, 0.4) is 0 Å². The molecule has 0 saturated heterocycles. The first-order valence-corrected chi connectivity index (χ1v) is 7.91. The zero-order valence-electron chi connectivity index (χ0n) is 11.9. The lowest BCUT2D eigenvalue weighted by Gasteiger charge is -2.29. The van der Waals surface area contributed by atoms with Gasteiger partial charge in [0.25, 0.3) is 0 Å². The van der Waals surface area contributed by atoms with Gasteiger partial charge in [0, 0.05) is 22.9 Å². The van der Waals surface area contributed by atoms with Gasteiger partial charge in [-0.05, 0) is 30.3 Å². The van der Waals surface area contributed by atoms with Crippen LogP contribution in [0.25, 0.3) is 0 Å². The molecule has 1 aliphatic rings. The summed E-state index contributed by atoms with van der Waals surface area (Å²) in [5, 5.41) is 2.54. The van der Waals surface area contributed by atoms with Gasteiger partial charge in [-0.15, -0.1) is 11.8 Å². The number of hydrogen-bond donors (Lipinski definition) is 1. The fourth-order valence-electron chi connectivity index (χ4n) is 2.34. The second-order valence-corrected chi connectivity index (χ2v) is 6.11. The molecule has 0 fully saturated rings. The number of nitrogens with one attached hydrogen (secondary N) is 1. The van der Waals surface area contributed by atoms with Gasteiger partial charge in [0.05, 0.1) is 11.3 Å². The number of benzene rings is 2. The summed E-state index contributed by atoms with van der Waals surface area (Å²) in [5.74, 6) is 0.743. The average molecular weight is 338 g/mol. The molecule has 1 N–H and O–H groups in total. The van der Waals surface area contributed by atoms with E-state index in [4.69, 9.17) is 0 Å². The first-order valence-electron chi connectivity index (χ1n) is 6.93. The molecule has 0 aromatic heterocycles. The first kappa shape index (κ1) is 15.7. The summed E-state index contributed by atoms with van der Waals surface area (Å²) in [6.07, 6.45) is -4.44. The van der Waals surface area contributed by atoms with Crippen LogP contribution in [-0.2, 0) is 6.18 Å². The Morgan fingerprint density at radius 3 is 2.70 bits per heavy atom. The fraction of sp³-hybridized carbons (Fsp3) is 0.188. The molecule has 3 rings (SSSR count). The van der Waals surface area contributed by atoms with Crippen LogP contribution in [0.15, 0.2) is 53.4 Å². The summed E-state index contributed by atoms with van der Waals surface area (Å²) >= 11 is 1.65. The van der Waals surface area contributed by atoms with Crippen molar-refractivity contribution in [2.45, 2.75) is 11.1 Å². The fourth-order valence-corrected chi connectivity index (χ4v) is 3.34. The van der Waals surface area contributed by atoms with Gasteiger partial charge in [0.2, 0.25) is 0 Å². The van der Waals surface area contributed by atoms with Crippen molar-refractivity contribution in [1.29, 1.82) is 0 Å². The highest BCUT2D eigenvalue weighted by molar-refractivity contribution is 7.99. The quantitative estimate of drug-likeness (QED) is 0.806. The van der Waals surface area contributed by atoms with Gasteiger partial charge < -0.3 is 5.32 Å². The summed E-state index contributed by atoms with van der Waals surface area (Å²) in [5.41, 5.74) is 0.110. The van der Waals surface area contributed by atoms with E-state index in [1.54, 1.807) is 16.7 Å². The Morgan fingerprint density at radius 2 is 1.91 bits per heavy atom. The van der Waals surface area contributed by atoms with E-state index in [0.29, 0.717) is 6.54 Å². The summed E-state index contributed by atoms with van der Waals surface area (Å²) < 4.78 is 38.2. The number of rotatable bonds is 1.